The number of carbonyl (C=O) groups is 2. The molecule has 0 amide bonds. The molecule has 154 valence electrons. The molecule has 0 saturated heterocycles. The molecule has 4 heteroatoms. The van der Waals surface area contributed by atoms with Crippen molar-refractivity contribution < 1.29 is 9.59 Å². The Morgan fingerprint density at radius 1 is 0.714 bits per heavy atom. The van der Waals surface area contributed by atoms with Gasteiger partial charge >= 0.3 is 0 Å². The van der Waals surface area contributed by atoms with Crippen molar-refractivity contribution in [2.24, 2.45) is 11.8 Å². The molecule has 0 aromatic carbocycles. The molecule has 0 saturated carbocycles. The fourth-order valence-corrected chi connectivity index (χ4v) is 5.27. The van der Waals surface area contributed by atoms with E-state index >= 15 is 0 Å². The molecule has 0 aliphatic rings. The average Bonchev–Trinajstić information content (AvgIpc) is 3.42. The maximum absolute atomic E-state index is 13.3. The second-order valence-electron chi connectivity index (χ2n) is 7.59. The zero-order valence-corrected chi connectivity index (χ0v) is 19.0. The van der Waals surface area contributed by atoms with E-state index in [0.29, 0.717) is 0 Å². The molecule has 2 atom stereocenters. The van der Waals surface area contributed by atoms with Crippen LogP contribution in [0.3, 0.4) is 0 Å². The highest BCUT2D eigenvalue weighted by atomic mass is 32.1. The molecule has 2 aromatic heterocycles. The van der Waals surface area contributed by atoms with Gasteiger partial charge in [-0.15, -0.1) is 22.7 Å². The van der Waals surface area contributed by atoms with Gasteiger partial charge in [-0.3, -0.25) is 9.59 Å². The van der Waals surface area contributed by atoms with Gasteiger partial charge in [0.1, 0.15) is 0 Å². The van der Waals surface area contributed by atoms with Crippen molar-refractivity contribution in [2.75, 3.05) is 0 Å². The van der Waals surface area contributed by atoms with Gasteiger partial charge in [0.05, 0.1) is 9.75 Å². The second-order valence-corrected chi connectivity index (χ2v) is 9.49. The summed E-state index contributed by atoms with van der Waals surface area (Å²) in [6.07, 6.45) is 10.7. The van der Waals surface area contributed by atoms with Crippen LogP contribution in [0.25, 0.3) is 0 Å². The van der Waals surface area contributed by atoms with E-state index in [1.807, 2.05) is 35.0 Å². The second kappa shape index (κ2) is 13.1. The van der Waals surface area contributed by atoms with E-state index in [9.17, 15) is 9.59 Å². The number of hydrogen-bond acceptors (Lipinski definition) is 4. The Balaban J connectivity index is 2.21. The Morgan fingerprint density at radius 2 is 1.14 bits per heavy atom. The number of ketones is 2. The molecular formula is C24H34O2S2. The zero-order chi connectivity index (χ0) is 20.2. The molecule has 2 heterocycles. The van der Waals surface area contributed by atoms with E-state index in [4.69, 9.17) is 0 Å². The van der Waals surface area contributed by atoms with Gasteiger partial charge in [-0.2, -0.15) is 0 Å². The number of hydrogen-bond donors (Lipinski definition) is 0. The van der Waals surface area contributed by atoms with Crippen molar-refractivity contribution >= 4 is 34.2 Å². The van der Waals surface area contributed by atoms with Gasteiger partial charge in [-0.05, 0) is 35.7 Å². The third kappa shape index (κ3) is 6.97. The fraction of sp³-hybridized carbons (Fsp3) is 0.583. The van der Waals surface area contributed by atoms with E-state index in [-0.39, 0.29) is 23.4 Å². The van der Waals surface area contributed by atoms with Crippen molar-refractivity contribution in [1.29, 1.82) is 0 Å². The molecule has 0 aliphatic heterocycles. The van der Waals surface area contributed by atoms with E-state index in [0.717, 1.165) is 48.3 Å². The lowest BCUT2D eigenvalue weighted by atomic mass is 9.78. The minimum atomic E-state index is -0.188. The molecule has 0 radical (unpaired) electrons. The molecule has 2 rings (SSSR count). The summed E-state index contributed by atoms with van der Waals surface area (Å²) >= 11 is 3.01. The van der Waals surface area contributed by atoms with Crippen molar-refractivity contribution in [3.05, 3.63) is 44.8 Å². The monoisotopic (exact) mass is 418 g/mol. The van der Waals surface area contributed by atoms with Crippen molar-refractivity contribution in [3.63, 3.8) is 0 Å². The minimum absolute atomic E-state index is 0.178. The average molecular weight is 419 g/mol. The van der Waals surface area contributed by atoms with Gasteiger partial charge in [0.15, 0.2) is 11.6 Å². The SMILES string of the molecule is CCCCCCC(C(=O)c1cccs1)C(CCCCCC)C(=O)c1cccs1. The maximum atomic E-state index is 13.3. The van der Waals surface area contributed by atoms with Crippen LogP contribution < -0.4 is 0 Å². The first-order valence-electron chi connectivity index (χ1n) is 10.8. The van der Waals surface area contributed by atoms with Crippen molar-refractivity contribution in [3.8, 4) is 0 Å². The number of rotatable bonds is 15. The molecular weight excluding hydrogens is 384 g/mol. The maximum Gasteiger partial charge on any atom is 0.176 e. The first kappa shape index (κ1) is 23.0. The van der Waals surface area contributed by atoms with Crippen LogP contribution in [0.5, 0.6) is 0 Å². The van der Waals surface area contributed by atoms with Gasteiger partial charge in [0.2, 0.25) is 0 Å². The zero-order valence-electron chi connectivity index (χ0n) is 17.3. The Hall–Kier alpha value is -1.26. The lowest BCUT2D eigenvalue weighted by molar-refractivity contribution is 0.0745. The molecule has 0 N–H and O–H groups in total. The molecule has 0 aliphatic carbocycles. The van der Waals surface area contributed by atoms with Crippen LogP contribution in [-0.4, -0.2) is 11.6 Å². The van der Waals surface area contributed by atoms with Crippen LogP contribution in [0, 0.1) is 11.8 Å². The van der Waals surface area contributed by atoms with Crippen LogP contribution in [0.15, 0.2) is 35.0 Å². The summed E-state index contributed by atoms with van der Waals surface area (Å²) in [4.78, 5) is 28.3. The topological polar surface area (TPSA) is 34.1 Å². The van der Waals surface area contributed by atoms with E-state index in [1.54, 1.807) is 0 Å². The van der Waals surface area contributed by atoms with Crippen molar-refractivity contribution in [2.45, 2.75) is 78.1 Å². The van der Waals surface area contributed by atoms with Crippen LogP contribution in [0.2, 0.25) is 0 Å². The molecule has 0 fully saturated rings. The highest BCUT2D eigenvalue weighted by molar-refractivity contribution is 7.12. The van der Waals surface area contributed by atoms with Gasteiger partial charge in [0, 0.05) is 11.8 Å². The first-order valence-corrected chi connectivity index (χ1v) is 12.6. The summed E-state index contributed by atoms with van der Waals surface area (Å²) in [6, 6.07) is 7.69. The van der Waals surface area contributed by atoms with Gasteiger partial charge < -0.3 is 0 Å². The number of Topliss-reactive ketones (excluding diaryl/α,β-unsaturated/α-hetero) is 2. The predicted molar refractivity (Wildman–Crippen MR) is 122 cm³/mol. The predicted octanol–water partition coefficient (Wildman–Crippen LogP) is 8.05. The first-order chi connectivity index (χ1) is 13.7. The number of carbonyl (C=O) groups excluding carboxylic acids is 2. The Bertz CT molecular complexity index is 613. The Kier molecular flexibility index (Phi) is 10.7. The summed E-state index contributed by atoms with van der Waals surface area (Å²) in [6.45, 7) is 4.40. The molecule has 28 heavy (non-hydrogen) atoms. The molecule has 0 spiro atoms. The van der Waals surface area contributed by atoms with E-state index < -0.39 is 0 Å². The number of thiophene rings is 2. The normalized spacial score (nSPS) is 13.4. The fourth-order valence-electron chi connectivity index (χ4n) is 3.82. The number of unbranched alkanes of at least 4 members (excludes halogenated alkanes) is 6. The van der Waals surface area contributed by atoms with Gasteiger partial charge in [-0.1, -0.05) is 77.3 Å². The van der Waals surface area contributed by atoms with E-state index in [1.165, 1.54) is 48.4 Å². The van der Waals surface area contributed by atoms with Gasteiger partial charge in [0.25, 0.3) is 0 Å². The van der Waals surface area contributed by atoms with Crippen LogP contribution in [0.1, 0.15) is 97.4 Å². The smallest absolute Gasteiger partial charge is 0.176 e. The summed E-state index contributed by atoms with van der Waals surface area (Å²) in [5, 5.41) is 3.91. The highest BCUT2D eigenvalue weighted by Gasteiger charge is 2.34. The summed E-state index contributed by atoms with van der Waals surface area (Å²) in [5.74, 6) is -0.0211. The van der Waals surface area contributed by atoms with Gasteiger partial charge in [-0.25, -0.2) is 0 Å². The third-order valence-electron chi connectivity index (χ3n) is 5.42. The van der Waals surface area contributed by atoms with Crippen LogP contribution in [0.4, 0.5) is 0 Å². The summed E-state index contributed by atoms with van der Waals surface area (Å²) in [7, 11) is 0. The summed E-state index contributed by atoms with van der Waals surface area (Å²) in [5.41, 5.74) is 0. The Morgan fingerprint density at radius 3 is 1.46 bits per heavy atom. The van der Waals surface area contributed by atoms with Crippen LogP contribution >= 0.6 is 22.7 Å². The molecule has 2 aromatic rings. The molecule has 2 nitrogen and oxygen atoms in total. The van der Waals surface area contributed by atoms with Crippen molar-refractivity contribution in [1.82, 2.24) is 0 Å². The highest BCUT2D eigenvalue weighted by Crippen LogP contribution is 2.33. The molecule has 0 bridgehead atoms. The lowest BCUT2D eigenvalue weighted by Crippen LogP contribution is -2.30. The summed E-state index contributed by atoms with van der Waals surface area (Å²) < 4.78 is 0. The largest absolute Gasteiger partial charge is 0.293 e. The molecule has 2 unspecified atom stereocenters. The Labute approximate surface area is 178 Å². The van der Waals surface area contributed by atoms with Crippen LogP contribution in [-0.2, 0) is 0 Å². The van der Waals surface area contributed by atoms with E-state index in [2.05, 4.69) is 13.8 Å². The quantitative estimate of drug-likeness (QED) is 0.216. The lowest BCUT2D eigenvalue weighted by Gasteiger charge is -2.25. The third-order valence-corrected chi connectivity index (χ3v) is 7.19. The standard InChI is InChI=1S/C24H34O2S2/c1-3-5-7-9-13-19(23(25)21-15-11-17-27-21)20(14-10-8-6-4-2)24(26)22-16-12-18-28-22/h11-12,15-20H,3-10,13-14H2,1-2H3. The minimum Gasteiger partial charge on any atom is -0.293 e.